The molecule has 0 N–H and O–H groups in total. The van der Waals surface area contributed by atoms with Crippen molar-refractivity contribution in [1.29, 1.82) is 0 Å². The van der Waals surface area contributed by atoms with Crippen molar-refractivity contribution in [2.24, 2.45) is 0 Å². The molecule has 1 heterocycles. The summed E-state index contributed by atoms with van der Waals surface area (Å²) in [5, 5.41) is 0. The predicted molar refractivity (Wildman–Crippen MR) is 53.3 cm³/mol. The van der Waals surface area contributed by atoms with Gasteiger partial charge in [0.25, 0.3) is 0 Å². The summed E-state index contributed by atoms with van der Waals surface area (Å²) in [6, 6.07) is 1.63. The fourth-order valence-electron chi connectivity index (χ4n) is 2.08. The van der Waals surface area contributed by atoms with Gasteiger partial charge in [-0.3, -0.25) is 9.59 Å². The standard InChI is InChI=1S/C12H8O3/c13-9-3-1-2-7-6-10(14)8-4-5-15-12(8)11(7)9/h1-2,4-5H,3,6H2. The fourth-order valence-corrected chi connectivity index (χ4v) is 2.08. The van der Waals surface area contributed by atoms with Crippen LogP contribution in [0.25, 0.3) is 5.57 Å². The molecule has 0 radical (unpaired) electrons. The summed E-state index contributed by atoms with van der Waals surface area (Å²) in [5.74, 6) is 0.517. The molecule has 0 atom stereocenters. The molecule has 0 unspecified atom stereocenters. The second-order valence-corrected chi connectivity index (χ2v) is 3.69. The fraction of sp³-hybridized carbons (Fsp3) is 0.167. The number of ketones is 2. The Morgan fingerprint density at radius 2 is 2.07 bits per heavy atom. The Morgan fingerprint density at radius 1 is 1.20 bits per heavy atom. The molecule has 74 valence electrons. The van der Waals surface area contributed by atoms with Crippen LogP contribution in [0, 0.1) is 0 Å². The van der Waals surface area contributed by atoms with Gasteiger partial charge in [-0.05, 0) is 11.6 Å². The van der Waals surface area contributed by atoms with E-state index in [0.717, 1.165) is 5.57 Å². The molecular formula is C12H8O3. The van der Waals surface area contributed by atoms with Gasteiger partial charge in [0.05, 0.1) is 17.4 Å². The van der Waals surface area contributed by atoms with Crippen molar-refractivity contribution in [3.63, 3.8) is 0 Å². The highest BCUT2D eigenvalue weighted by Crippen LogP contribution is 2.35. The molecule has 0 amide bonds. The first-order valence-corrected chi connectivity index (χ1v) is 4.81. The predicted octanol–water partition coefficient (Wildman–Crippen LogP) is 2.15. The van der Waals surface area contributed by atoms with E-state index in [1.165, 1.54) is 6.26 Å². The number of furan rings is 1. The number of hydrogen-bond acceptors (Lipinski definition) is 3. The van der Waals surface area contributed by atoms with E-state index in [1.54, 1.807) is 12.1 Å². The molecule has 0 fully saturated rings. The topological polar surface area (TPSA) is 47.3 Å². The van der Waals surface area contributed by atoms with Crippen molar-refractivity contribution < 1.29 is 14.0 Å². The monoisotopic (exact) mass is 200 g/mol. The SMILES string of the molecule is O=C1CC=CC2=C1c1occc1C(=O)C2. The minimum absolute atomic E-state index is 0.0249. The molecule has 0 aliphatic heterocycles. The first-order valence-electron chi connectivity index (χ1n) is 4.81. The zero-order chi connectivity index (χ0) is 10.4. The minimum atomic E-state index is 0.0249. The van der Waals surface area contributed by atoms with Crippen LogP contribution in [-0.2, 0) is 4.79 Å². The van der Waals surface area contributed by atoms with E-state index in [0.29, 0.717) is 29.7 Å². The summed E-state index contributed by atoms with van der Waals surface area (Å²) in [6.07, 6.45) is 5.81. The van der Waals surface area contributed by atoms with Crippen molar-refractivity contribution in [3.8, 4) is 0 Å². The third-order valence-electron chi connectivity index (χ3n) is 2.77. The number of carbonyl (C=O) groups excluding carboxylic acids is 2. The molecule has 0 saturated heterocycles. The van der Waals surface area contributed by atoms with Crippen LogP contribution in [0.3, 0.4) is 0 Å². The van der Waals surface area contributed by atoms with Gasteiger partial charge in [-0.1, -0.05) is 12.2 Å². The van der Waals surface area contributed by atoms with E-state index in [4.69, 9.17) is 4.42 Å². The van der Waals surface area contributed by atoms with Crippen molar-refractivity contribution in [2.45, 2.75) is 12.8 Å². The maximum Gasteiger partial charge on any atom is 0.171 e. The lowest BCUT2D eigenvalue weighted by molar-refractivity contribution is -0.113. The van der Waals surface area contributed by atoms with Crippen molar-refractivity contribution >= 4 is 17.1 Å². The molecule has 1 aromatic rings. The molecule has 3 heteroatoms. The number of fused-ring (bicyclic) bond motifs is 2. The first-order chi connectivity index (χ1) is 7.27. The smallest absolute Gasteiger partial charge is 0.171 e. The molecule has 0 saturated carbocycles. The maximum absolute atomic E-state index is 11.7. The van der Waals surface area contributed by atoms with E-state index >= 15 is 0 Å². The van der Waals surface area contributed by atoms with Gasteiger partial charge >= 0.3 is 0 Å². The van der Waals surface area contributed by atoms with Crippen LogP contribution < -0.4 is 0 Å². The van der Waals surface area contributed by atoms with Gasteiger partial charge in [0.1, 0.15) is 5.76 Å². The van der Waals surface area contributed by atoms with Gasteiger partial charge in [0, 0.05) is 12.8 Å². The highest BCUT2D eigenvalue weighted by Gasteiger charge is 2.31. The second kappa shape index (κ2) is 2.79. The minimum Gasteiger partial charge on any atom is -0.463 e. The average molecular weight is 200 g/mol. The molecule has 0 spiro atoms. The summed E-state index contributed by atoms with van der Waals surface area (Å²) in [6.45, 7) is 0. The van der Waals surface area contributed by atoms with E-state index < -0.39 is 0 Å². The van der Waals surface area contributed by atoms with E-state index in [1.807, 2.05) is 6.08 Å². The Hall–Kier alpha value is -1.90. The van der Waals surface area contributed by atoms with E-state index in [-0.39, 0.29) is 11.6 Å². The summed E-state index contributed by atoms with van der Waals surface area (Å²) in [7, 11) is 0. The summed E-state index contributed by atoms with van der Waals surface area (Å²) < 4.78 is 5.23. The van der Waals surface area contributed by atoms with Crippen molar-refractivity contribution in [3.05, 3.63) is 41.4 Å². The number of Topliss-reactive ketones (excluding diaryl/α,β-unsaturated/α-hetero) is 2. The molecular weight excluding hydrogens is 192 g/mol. The third-order valence-corrected chi connectivity index (χ3v) is 2.77. The second-order valence-electron chi connectivity index (χ2n) is 3.69. The maximum atomic E-state index is 11.7. The lowest BCUT2D eigenvalue weighted by Gasteiger charge is -2.18. The lowest BCUT2D eigenvalue weighted by atomic mass is 9.84. The van der Waals surface area contributed by atoms with Gasteiger partial charge in [0.2, 0.25) is 0 Å². The van der Waals surface area contributed by atoms with Crippen molar-refractivity contribution in [2.75, 3.05) is 0 Å². The Kier molecular flexibility index (Phi) is 1.57. The molecule has 1 aromatic heterocycles. The largest absolute Gasteiger partial charge is 0.463 e. The normalized spacial score (nSPS) is 19.2. The molecule has 2 aliphatic rings. The van der Waals surface area contributed by atoms with E-state index in [9.17, 15) is 9.59 Å². The van der Waals surface area contributed by atoms with Gasteiger partial charge in [-0.25, -0.2) is 0 Å². The van der Waals surface area contributed by atoms with Crippen LogP contribution in [0.2, 0.25) is 0 Å². The van der Waals surface area contributed by atoms with Crippen LogP contribution in [0.1, 0.15) is 29.0 Å². The highest BCUT2D eigenvalue weighted by molar-refractivity contribution is 6.27. The number of carbonyl (C=O) groups is 2. The third kappa shape index (κ3) is 1.06. The number of rotatable bonds is 0. The number of allylic oxidation sites excluding steroid dienone is 4. The van der Waals surface area contributed by atoms with Gasteiger partial charge in [0.15, 0.2) is 11.6 Å². The van der Waals surface area contributed by atoms with Crippen LogP contribution >= 0.6 is 0 Å². The highest BCUT2D eigenvalue weighted by atomic mass is 16.3. The molecule has 2 aliphatic carbocycles. The quantitative estimate of drug-likeness (QED) is 0.644. The van der Waals surface area contributed by atoms with Gasteiger partial charge in [-0.2, -0.15) is 0 Å². The Morgan fingerprint density at radius 3 is 2.93 bits per heavy atom. The first kappa shape index (κ1) is 8.41. The molecule has 0 bridgehead atoms. The summed E-state index contributed by atoms with van der Waals surface area (Å²) >= 11 is 0. The average Bonchev–Trinajstić information content (AvgIpc) is 2.66. The Balaban J connectivity index is 2.29. The van der Waals surface area contributed by atoms with Crippen LogP contribution in [0.4, 0.5) is 0 Å². The molecule has 3 nitrogen and oxygen atoms in total. The zero-order valence-corrected chi connectivity index (χ0v) is 7.95. The summed E-state index contributed by atoms with van der Waals surface area (Å²) in [5.41, 5.74) is 1.92. The lowest BCUT2D eigenvalue weighted by Crippen LogP contribution is -2.16. The van der Waals surface area contributed by atoms with Crippen LogP contribution in [-0.4, -0.2) is 11.6 Å². The van der Waals surface area contributed by atoms with Gasteiger partial charge < -0.3 is 4.42 Å². The van der Waals surface area contributed by atoms with E-state index in [2.05, 4.69) is 0 Å². The Bertz CT molecular complexity index is 529. The van der Waals surface area contributed by atoms with Gasteiger partial charge in [-0.15, -0.1) is 0 Å². The number of hydrogen-bond donors (Lipinski definition) is 0. The molecule has 15 heavy (non-hydrogen) atoms. The zero-order valence-electron chi connectivity index (χ0n) is 7.95. The summed E-state index contributed by atoms with van der Waals surface area (Å²) in [4.78, 5) is 23.4. The van der Waals surface area contributed by atoms with Crippen LogP contribution in [0.5, 0.6) is 0 Å². The van der Waals surface area contributed by atoms with Crippen LogP contribution in [0.15, 0.2) is 34.5 Å². The molecule has 0 aromatic carbocycles. The Labute approximate surface area is 86.1 Å². The molecule has 3 rings (SSSR count). The van der Waals surface area contributed by atoms with Crippen molar-refractivity contribution in [1.82, 2.24) is 0 Å².